The second kappa shape index (κ2) is 9.10. The third-order valence-electron chi connectivity index (χ3n) is 4.03. The summed E-state index contributed by atoms with van der Waals surface area (Å²) in [5.41, 5.74) is 0.999. The number of rotatable bonds is 6. The summed E-state index contributed by atoms with van der Waals surface area (Å²) in [6, 6.07) is 9.71. The number of hydrogen-bond donors (Lipinski definition) is 2. The summed E-state index contributed by atoms with van der Waals surface area (Å²) in [6.07, 6.45) is 5.37. The molecule has 0 atom stereocenters. The van der Waals surface area contributed by atoms with Crippen molar-refractivity contribution in [1.82, 2.24) is 10.2 Å². The Bertz CT molecular complexity index is 534. The Balaban J connectivity index is 1.76. The first kappa shape index (κ1) is 17.2. The lowest BCUT2D eigenvalue weighted by Crippen LogP contribution is -2.42. The average molecular weight is 316 g/mol. The molecule has 1 aromatic carbocycles. The standard InChI is InChI=1S/C18H24N2O3/c21-14-4-11-19-18(23)16-9-12-20(13-10-16)17(22)8-7-15-5-2-1-3-6-15/h1-3,5-8,16,21H,4,9-14H2,(H,19,23)/b8-7+. The molecule has 5 heteroatoms. The zero-order chi connectivity index (χ0) is 16.5. The predicted molar refractivity (Wildman–Crippen MR) is 89.5 cm³/mol. The Kier molecular flexibility index (Phi) is 6.81. The van der Waals surface area contributed by atoms with E-state index >= 15 is 0 Å². The molecule has 1 aliphatic heterocycles. The lowest BCUT2D eigenvalue weighted by atomic mass is 9.96. The summed E-state index contributed by atoms with van der Waals surface area (Å²) in [4.78, 5) is 25.9. The van der Waals surface area contributed by atoms with Crippen LogP contribution in [-0.2, 0) is 9.59 Å². The Morgan fingerprint density at radius 1 is 1.22 bits per heavy atom. The Hall–Kier alpha value is -2.14. The van der Waals surface area contributed by atoms with Gasteiger partial charge in [0.05, 0.1) is 0 Å². The van der Waals surface area contributed by atoms with Crippen molar-refractivity contribution in [1.29, 1.82) is 0 Å². The lowest BCUT2D eigenvalue weighted by Gasteiger charge is -2.30. The molecule has 1 saturated heterocycles. The molecule has 5 nitrogen and oxygen atoms in total. The van der Waals surface area contributed by atoms with Gasteiger partial charge in [0.15, 0.2) is 0 Å². The monoisotopic (exact) mass is 316 g/mol. The number of carbonyl (C=O) groups excluding carboxylic acids is 2. The summed E-state index contributed by atoms with van der Waals surface area (Å²) in [6.45, 7) is 1.81. The zero-order valence-corrected chi connectivity index (χ0v) is 13.3. The molecule has 0 aliphatic carbocycles. The van der Waals surface area contributed by atoms with Crippen LogP contribution in [0.3, 0.4) is 0 Å². The highest BCUT2D eigenvalue weighted by Crippen LogP contribution is 2.18. The molecular formula is C18H24N2O3. The maximum Gasteiger partial charge on any atom is 0.246 e. The highest BCUT2D eigenvalue weighted by Gasteiger charge is 2.26. The topological polar surface area (TPSA) is 69.6 Å². The minimum absolute atomic E-state index is 0.00649. The van der Waals surface area contributed by atoms with Crippen LogP contribution in [0.1, 0.15) is 24.8 Å². The number of nitrogens with one attached hydrogen (secondary N) is 1. The van der Waals surface area contributed by atoms with E-state index in [-0.39, 0.29) is 24.3 Å². The molecule has 1 aliphatic rings. The first-order valence-corrected chi connectivity index (χ1v) is 8.11. The number of benzene rings is 1. The van der Waals surface area contributed by atoms with Crippen molar-refractivity contribution in [3.05, 3.63) is 42.0 Å². The van der Waals surface area contributed by atoms with E-state index in [0.717, 1.165) is 5.56 Å². The molecule has 0 bridgehead atoms. The normalized spacial score (nSPS) is 15.8. The van der Waals surface area contributed by atoms with Crippen LogP contribution in [0.15, 0.2) is 36.4 Å². The van der Waals surface area contributed by atoms with Gasteiger partial charge in [-0.05, 0) is 30.9 Å². The molecule has 1 heterocycles. The maximum absolute atomic E-state index is 12.2. The van der Waals surface area contributed by atoms with Crippen LogP contribution in [0.4, 0.5) is 0 Å². The molecule has 0 aromatic heterocycles. The van der Waals surface area contributed by atoms with Gasteiger partial charge >= 0.3 is 0 Å². The third kappa shape index (κ3) is 5.53. The van der Waals surface area contributed by atoms with Gasteiger partial charge in [0.25, 0.3) is 0 Å². The highest BCUT2D eigenvalue weighted by molar-refractivity contribution is 5.92. The van der Waals surface area contributed by atoms with Gasteiger partial charge in [0, 0.05) is 38.2 Å². The van der Waals surface area contributed by atoms with Gasteiger partial charge in [-0.3, -0.25) is 9.59 Å². The second-order valence-electron chi connectivity index (χ2n) is 5.71. The predicted octanol–water partition coefficient (Wildman–Crippen LogP) is 1.44. The van der Waals surface area contributed by atoms with Crippen LogP contribution >= 0.6 is 0 Å². The van der Waals surface area contributed by atoms with Gasteiger partial charge in [-0.25, -0.2) is 0 Å². The number of aliphatic hydroxyl groups is 1. The number of amides is 2. The summed E-state index contributed by atoms with van der Waals surface area (Å²) in [5, 5.41) is 11.5. The minimum atomic E-state index is -0.0316. The fraction of sp³-hybridized carbons (Fsp3) is 0.444. The van der Waals surface area contributed by atoms with Crippen molar-refractivity contribution < 1.29 is 14.7 Å². The SMILES string of the molecule is O=C(NCCCO)C1CCN(C(=O)/C=C/c2ccccc2)CC1. The van der Waals surface area contributed by atoms with Crippen molar-refractivity contribution in [3.63, 3.8) is 0 Å². The average Bonchev–Trinajstić information content (AvgIpc) is 2.61. The zero-order valence-electron chi connectivity index (χ0n) is 13.3. The largest absolute Gasteiger partial charge is 0.396 e. The number of piperidine rings is 1. The van der Waals surface area contributed by atoms with Crippen molar-refractivity contribution in [2.45, 2.75) is 19.3 Å². The fourth-order valence-electron chi connectivity index (χ4n) is 2.63. The van der Waals surface area contributed by atoms with E-state index < -0.39 is 0 Å². The van der Waals surface area contributed by atoms with Crippen LogP contribution in [0, 0.1) is 5.92 Å². The number of aliphatic hydroxyl groups excluding tert-OH is 1. The van der Waals surface area contributed by atoms with E-state index in [4.69, 9.17) is 5.11 Å². The van der Waals surface area contributed by atoms with Crippen LogP contribution in [0.5, 0.6) is 0 Å². The van der Waals surface area contributed by atoms with E-state index in [0.29, 0.717) is 38.9 Å². The number of nitrogens with zero attached hydrogens (tertiary/aromatic N) is 1. The van der Waals surface area contributed by atoms with Crippen LogP contribution in [0.25, 0.3) is 6.08 Å². The van der Waals surface area contributed by atoms with E-state index in [1.165, 1.54) is 0 Å². The molecule has 23 heavy (non-hydrogen) atoms. The molecule has 0 unspecified atom stereocenters. The van der Waals surface area contributed by atoms with E-state index in [9.17, 15) is 9.59 Å². The lowest BCUT2D eigenvalue weighted by molar-refractivity contribution is -0.132. The first-order chi connectivity index (χ1) is 11.2. The van der Waals surface area contributed by atoms with Crippen molar-refractivity contribution in [2.24, 2.45) is 5.92 Å². The van der Waals surface area contributed by atoms with Crippen molar-refractivity contribution >= 4 is 17.9 Å². The third-order valence-corrected chi connectivity index (χ3v) is 4.03. The van der Waals surface area contributed by atoms with E-state index in [1.807, 2.05) is 36.4 Å². The smallest absolute Gasteiger partial charge is 0.246 e. The van der Waals surface area contributed by atoms with E-state index in [2.05, 4.69) is 5.32 Å². The van der Waals surface area contributed by atoms with Crippen LogP contribution in [0.2, 0.25) is 0 Å². The molecule has 2 N–H and O–H groups in total. The number of carbonyl (C=O) groups is 2. The Morgan fingerprint density at radius 2 is 1.91 bits per heavy atom. The van der Waals surface area contributed by atoms with Crippen molar-refractivity contribution in [2.75, 3.05) is 26.2 Å². The van der Waals surface area contributed by atoms with Crippen LogP contribution in [-0.4, -0.2) is 48.1 Å². The van der Waals surface area contributed by atoms with Gasteiger partial charge in [-0.15, -0.1) is 0 Å². The molecule has 2 rings (SSSR count). The van der Waals surface area contributed by atoms with Gasteiger partial charge in [-0.1, -0.05) is 30.3 Å². The molecule has 1 aromatic rings. The molecule has 124 valence electrons. The number of hydrogen-bond acceptors (Lipinski definition) is 3. The summed E-state index contributed by atoms with van der Waals surface area (Å²) >= 11 is 0. The van der Waals surface area contributed by atoms with Gasteiger partial charge in [0.2, 0.25) is 11.8 Å². The first-order valence-electron chi connectivity index (χ1n) is 8.11. The Labute approximate surface area is 137 Å². The molecule has 2 amide bonds. The van der Waals surface area contributed by atoms with Gasteiger partial charge in [0.1, 0.15) is 0 Å². The molecule has 0 radical (unpaired) electrons. The molecule has 1 fully saturated rings. The number of likely N-dealkylation sites (tertiary alicyclic amines) is 1. The molecule has 0 spiro atoms. The summed E-state index contributed by atoms with van der Waals surface area (Å²) < 4.78 is 0. The van der Waals surface area contributed by atoms with Gasteiger partial charge < -0.3 is 15.3 Å². The summed E-state index contributed by atoms with van der Waals surface area (Å²) in [7, 11) is 0. The van der Waals surface area contributed by atoms with Crippen LogP contribution < -0.4 is 5.32 Å². The fourth-order valence-corrected chi connectivity index (χ4v) is 2.63. The Morgan fingerprint density at radius 3 is 2.57 bits per heavy atom. The van der Waals surface area contributed by atoms with Gasteiger partial charge in [-0.2, -0.15) is 0 Å². The summed E-state index contributed by atoms with van der Waals surface area (Å²) in [5.74, 6) is -0.00536. The molecule has 0 saturated carbocycles. The molecular weight excluding hydrogens is 292 g/mol. The maximum atomic E-state index is 12.2. The van der Waals surface area contributed by atoms with E-state index in [1.54, 1.807) is 11.0 Å². The quantitative estimate of drug-likeness (QED) is 0.616. The second-order valence-corrected chi connectivity index (χ2v) is 5.71. The minimum Gasteiger partial charge on any atom is -0.396 e. The van der Waals surface area contributed by atoms with Crippen molar-refractivity contribution in [3.8, 4) is 0 Å². The highest BCUT2D eigenvalue weighted by atomic mass is 16.3.